The predicted octanol–water partition coefficient (Wildman–Crippen LogP) is 3.49. The van der Waals surface area contributed by atoms with Crippen molar-refractivity contribution in [2.45, 2.75) is 37.0 Å². The van der Waals surface area contributed by atoms with Gasteiger partial charge in [-0.1, -0.05) is 66.7 Å². The first-order valence-corrected chi connectivity index (χ1v) is 10.8. The van der Waals surface area contributed by atoms with Crippen molar-refractivity contribution in [3.63, 3.8) is 0 Å². The van der Waals surface area contributed by atoms with Gasteiger partial charge in [0.05, 0.1) is 12.2 Å². The van der Waals surface area contributed by atoms with Crippen LogP contribution in [0.2, 0.25) is 0 Å². The van der Waals surface area contributed by atoms with Gasteiger partial charge in [0.25, 0.3) is 0 Å². The second-order valence-electron chi connectivity index (χ2n) is 7.88. The molecular weight excluding hydrogens is 424 g/mol. The van der Waals surface area contributed by atoms with Crippen LogP contribution in [-0.2, 0) is 18.9 Å². The molecule has 2 saturated heterocycles. The molecule has 3 aromatic rings. The molecule has 0 saturated carbocycles. The fourth-order valence-electron chi connectivity index (χ4n) is 3.97. The lowest BCUT2D eigenvalue weighted by Crippen LogP contribution is -2.64. The standard InChI is InChI=1S/C26H24O7/c27-21-23(32-24(28)17-10-4-1-5-11-17)22-20(31-26(21)30-19-14-8-3-9-15-19)16-29-25(33-22)18-12-6-2-7-13-18/h1-15,20-23,25-27H,16H2/t20-,21-,22-,23-,25-,26-/m1/s1. The maximum atomic E-state index is 12.8. The number of esters is 1. The Bertz CT molecular complexity index is 1040. The van der Waals surface area contributed by atoms with E-state index in [0.29, 0.717) is 11.3 Å². The highest BCUT2D eigenvalue weighted by Crippen LogP contribution is 2.36. The Kier molecular flexibility index (Phi) is 6.37. The van der Waals surface area contributed by atoms with Gasteiger partial charge in [-0.3, -0.25) is 0 Å². The number of aliphatic hydroxyl groups excluding tert-OH is 1. The number of rotatable bonds is 5. The topological polar surface area (TPSA) is 83.5 Å². The lowest BCUT2D eigenvalue weighted by molar-refractivity contribution is -0.349. The summed E-state index contributed by atoms with van der Waals surface area (Å²) in [6, 6.07) is 27.1. The summed E-state index contributed by atoms with van der Waals surface area (Å²) in [5.41, 5.74) is 1.20. The number of hydrogen-bond acceptors (Lipinski definition) is 7. The molecule has 2 fully saturated rings. The molecule has 0 amide bonds. The largest absolute Gasteiger partial charge is 0.462 e. The first-order chi connectivity index (χ1) is 16.2. The lowest BCUT2D eigenvalue weighted by atomic mass is 9.97. The van der Waals surface area contributed by atoms with Gasteiger partial charge in [0.15, 0.2) is 18.5 Å². The zero-order chi connectivity index (χ0) is 22.6. The molecule has 0 aliphatic carbocycles. The molecule has 2 aliphatic rings. The third kappa shape index (κ3) is 4.77. The van der Waals surface area contributed by atoms with Crippen molar-refractivity contribution < 1.29 is 33.6 Å². The molecule has 2 aliphatic heterocycles. The van der Waals surface area contributed by atoms with Crippen molar-refractivity contribution in [3.05, 3.63) is 102 Å². The minimum absolute atomic E-state index is 0.186. The number of carbonyl (C=O) groups excluding carboxylic acids is 1. The van der Waals surface area contributed by atoms with Gasteiger partial charge < -0.3 is 28.8 Å². The molecule has 7 heteroatoms. The van der Waals surface area contributed by atoms with Crippen LogP contribution >= 0.6 is 0 Å². The Hall–Kier alpha value is -3.23. The fourth-order valence-corrected chi connectivity index (χ4v) is 3.97. The normalized spacial score (nSPS) is 29.0. The minimum Gasteiger partial charge on any atom is -0.462 e. The number of ether oxygens (including phenoxy) is 5. The molecule has 33 heavy (non-hydrogen) atoms. The van der Waals surface area contributed by atoms with E-state index < -0.39 is 43.0 Å². The minimum atomic E-state index is -1.28. The second-order valence-corrected chi connectivity index (χ2v) is 7.88. The molecule has 5 rings (SSSR count). The molecule has 0 bridgehead atoms. The summed E-state index contributed by atoms with van der Waals surface area (Å²) >= 11 is 0. The van der Waals surface area contributed by atoms with E-state index in [2.05, 4.69) is 0 Å². The van der Waals surface area contributed by atoms with Gasteiger partial charge in [-0.25, -0.2) is 4.79 Å². The van der Waals surface area contributed by atoms with Crippen molar-refractivity contribution in [2.24, 2.45) is 0 Å². The van der Waals surface area contributed by atoms with Gasteiger partial charge in [0, 0.05) is 5.56 Å². The highest BCUT2D eigenvalue weighted by molar-refractivity contribution is 5.89. The molecular formula is C26H24O7. The van der Waals surface area contributed by atoms with Crippen molar-refractivity contribution >= 4 is 5.97 Å². The van der Waals surface area contributed by atoms with Gasteiger partial charge >= 0.3 is 5.97 Å². The van der Waals surface area contributed by atoms with Gasteiger partial charge in [0.2, 0.25) is 6.29 Å². The van der Waals surface area contributed by atoms with Crippen LogP contribution in [0, 0.1) is 0 Å². The summed E-state index contributed by atoms with van der Waals surface area (Å²) in [6.07, 6.45) is -5.40. The van der Waals surface area contributed by atoms with Crippen LogP contribution in [-0.4, -0.2) is 48.4 Å². The molecule has 3 aromatic carbocycles. The van der Waals surface area contributed by atoms with E-state index in [1.165, 1.54) is 0 Å². The molecule has 0 radical (unpaired) electrons. The van der Waals surface area contributed by atoms with Crippen LogP contribution in [0.15, 0.2) is 91.0 Å². The molecule has 2 heterocycles. The van der Waals surface area contributed by atoms with Crippen LogP contribution in [0.1, 0.15) is 22.2 Å². The summed E-state index contributed by atoms with van der Waals surface area (Å²) in [6.45, 7) is 0.186. The zero-order valence-electron chi connectivity index (χ0n) is 17.7. The Balaban J connectivity index is 1.40. The van der Waals surface area contributed by atoms with Crippen molar-refractivity contribution in [3.8, 4) is 5.75 Å². The number of aliphatic hydroxyl groups is 1. The van der Waals surface area contributed by atoms with E-state index in [1.807, 2.05) is 54.6 Å². The number of hydrogen-bond donors (Lipinski definition) is 1. The van der Waals surface area contributed by atoms with Crippen molar-refractivity contribution in [1.29, 1.82) is 0 Å². The molecule has 0 aromatic heterocycles. The van der Waals surface area contributed by atoms with Crippen LogP contribution in [0.3, 0.4) is 0 Å². The first kappa shape index (κ1) is 21.6. The van der Waals surface area contributed by atoms with Gasteiger partial charge in [-0.05, 0) is 24.3 Å². The maximum Gasteiger partial charge on any atom is 0.338 e. The quantitative estimate of drug-likeness (QED) is 0.598. The van der Waals surface area contributed by atoms with E-state index >= 15 is 0 Å². The third-order valence-corrected chi connectivity index (χ3v) is 5.63. The monoisotopic (exact) mass is 448 g/mol. The van der Waals surface area contributed by atoms with E-state index in [1.54, 1.807) is 36.4 Å². The third-order valence-electron chi connectivity index (χ3n) is 5.63. The van der Waals surface area contributed by atoms with Crippen LogP contribution in [0.25, 0.3) is 0 Å². The van der Waals surface area contributed by atoms with Crippen LogP contribution < -0.4 is 4.74 Å². The molecule has 1 N–H and O–H groups in total. The first-order valence-electron chi connectivity index (χ1n) is 10.8. The van der Waals surface area contributed by atoms with Crippen molar-refractivity contribution in [1.82, 2.24) is 0 Å². The summed E-state index contributed by atoms with van der Waals surface area (Å²) in [7, 11) is 0. The second kappa shape index (κ2) is 9.72. The Morgan fingerprint density at radius 2 is 1.48 bits per heavy atom. The Morgan fingerprint density at radius 3 is 2.18 bits per heavy atom. The highest BCUT2D eigenvalue weighted by Gasteiger charge is 2.52. The molecule has 7 nitrogen and oxygen atoms in total. The van der Waals surface area contributed by atoms with Gasteiger partial charge in [0.1, 0.15) is 18.0 Å². The van der Waals surface area contributed by atoms with Crippen LogP contribution in [0.5, 0.6) is 5.75 Å². The number of fused-ring (bicyclic) bond motifs is 1. The molecule has 170 valence electrons. The summed E-state index contributed by atoms with van der Waals surface area (Å²) in [4.78, 5) is 12.8. The Morgan fingerprint density at radius 1 is 0.848 bits per heavy atom. The molecule has 0 unspecified atom stereocenters. The average Bonchev–Trinajstić information content (AvgIpc) is 2.88. The van der Waals surface area contributed by atoms with Gasteiger partial charge in [-0.2, -0.15) is 0 Å². The molecule has 6 atom stereocenters. The van der Waals surface area contributed by atoms with E-state index in [-0.39, 0.29) is 6.61 Å². The lowest BCUT2D eigenvalue weighted by Gasteiger charge is -2.47. The molecule has 0 spiro atoms. The average molecular weight is 448 g/mol. The highest BCUT2D eigenvalue weighted by atomic mass is 16.8. The SMILES string of the molecule is O=C(O[C@@H]1[C@@H](O)[C@H](Oc2ccccc2)O[C@@H]2CO[C@@H](c3ccccc3)O[C@@H]12)c1ccccc1. The van der Waals surface area contributed by atoms with Crippen LogP contribution in [0.4, 0.5) is 0 Å². The smallest absolute Gasteiger partial charge is 0.338 e. The number of carbonyl (C=O) groups is 1. The summed E-state index contributed by atoms with van der Waals surface area (Å²) in [5.74, 6) is -0.0435. The summed E-state index contributed by atoms with van der Waals surface area (Å²) < 4.78 is 29.7. The Labute approximate surface area is 191 Å². The van der Waals surface area contributed by atoms with E-state index in [0.717, 1.165) is 5.56 Å². The number of benzene rings is 3. The number of para-hydroxylation sites is 1. The maximum absolute atomic E-state index is 12.8. The fraction of sp³-hybridized carbons (Fsp3) is 0.269. The van der Waals surface area contributed by atoms with E-state index in [4.69, 9.17) is 23.7 Å². The van der Waals surface area contributed by atoms with Gasteiger partial charge in [-0.15, -0.1) is 0 Å². The van der Waals surface area contributed by atoms with E-state index in [9.17, 15) is 9.90 Å². The summed E-state index contributed by atoms with van der Waals surface area (Å²) in [5, 5.41) is 11.1. The predicted molar refractivity (Wildman–Crippen MR) is 117 cm³/mol. The van der Waals surface area contributed by atoms with Crippen molar-refractivity contribution in [2.75, 3.05) is 6.61 Å². The zero-order valence-corrected chi connectivity index (χ0v) is 17.7.